The number of halogens is 1. The summed E-state index contributed by atoms with van der Waals surface area (Å²) in [5, 5.41) is 0. The van der Waals surface area contributed by atoms with Gasteiger partial charge in [-0.1, -0.05) is 0 Å². The van der Waals surface area contributed by atoms with Crippen LogP contribution in [-0.2, 0) is 4.74 Å². The molecular formula is C7H10FNO2. The van der Waals surface area contributed by atoms with Gasteiger partial charge in [-0.2, -0.15) is 0 Å². The molecule has 0 bridgehead atoms. The van der Waals surface area contributed by atoms with Gasteiger partial charge in [-0.05, 0) is 18.9 Å². The molecule has 0 saturated carbocycles. The van der Waals surface area contributed by atoms with Crippen LogP contribution in [0.3, 0.4) is 0 Å². The fourth-order valence-corrected chi connectivity index (χ4v) is 1.13. The van der Waals surface area contributed by atoms with Crippen molar-refractivity contribution in [3.63, 3.8) is 0 Å². The molecule has 1 amide bonds. The number of rotatable bonds is 1. The second kappa shape index (κ2) is 2.90. The first-order valence-corrected chi connectivity index (χ1v) is 3.42. The van der Waals surface area contributed by atoms with Crippen molar-refractivity contribution in [1.82, 2.24) is 0 Å². The molecule has 0 aromatic rings. The van der Waals surface area contributed by atoms with Crippen molar-refractivity contribution >= 4 is 6.09 Å². The van der Waals surface area contributed by atoms with Crippen molar-refractivity contribution in [2.75, 3.05) is 0 Å². The van der Waals surface area contributed by atoms with Crippen LogP contribution in [0.1, 0.15) is 19.8 Å². The van der Waals surface area contributed by atoms with E-state index < -0.39 is 12.2 Å². The average molecular weight is 159 g/mol. The van der Waals surface area contributed by atoms with Crippen LogP contribution in [0.5, 0.6) is 0 Å². The molecule has 0 saturated heterocycles. The zero-order valence-corrected chi connectivity index (χ0v) is 6.26. The van der Waals surface area contributed by atoms with Gasteiger partial charge in [-0.15, -0.1) is 0 Å². The fourth-order valence-electron chi connectivity index (χ4n) is 1.13. The molecule has 0 heterocycles. The highest BCUT2D eigenvalue weighted by atomic mass is 19.1. The summed E-state index contributed by atoms with van der Waals surface area (Å²) in [5.74, 6) is -0.184. The van der Waals surface area contributed by atoms with Gasteiger partial charge in [0.15, 0.2) is 0 Å². The van der Waals surface area contributed by atoms with E-state index in [1.54, 1.807) is 6.92 Å². The topological polar surface area (TPSA) is 52.3 Å². The number of primary amides is 1. The third kappa shape index (κ3) is 1.69. The number of carbonyl (C=O) groups is 1. The van der Waals surface area contributed by atoms with Crippen molar-refractivity contribution in [2.45, 2.75) is 25.9 Å². The first kappa shape index (κ1) is 8.04. The quantitative estimate of drug-likeness (QED) is 0.630. The molecule has 62 valence electrons. The van der Waals surface area contributed by atoms with E-state index in [1.165, 1.54) is 0 Å². The normalized spacial score (nSPS) is 24.0. The predicted octanol–water partition coefficient (Wildman–Crippen LogP) is 1.49. The van der Waals surface area contributed by atoms with Gasteiger partial charge >= 0.3 is 6.09 Å². The number of ether oxygens (including phenoxy) is 1. The van der Waals surface area contributed by atoms with Crippen LogP contribution >= 0.6 is 0 Å². The Hall–Kier alpha value is -1.06. The smallest absolute Gasteiger partial charge is 0.405 e. The summed E-state index contributed by atoms with van der Waals surface area (Å²) in [6.07, 6.45) is -0.416. The molecule has 0 aromatic heterocycles. The summed E-state index contributed by atoms with van der Waals surface area (Å²) >= 11 is 0. The van der Waals surface area contributed by atoms with Gasteiger partial charge < -0.3 is 10.5 Å². The minimum absolute atomic E-state index is 0.184. The Morgan fingerprint density at radius 3 is 2.82 bits per heavy atom. The monoisotopic (exact) mass is 159 g/mol. The second-order valence-electron chi connectivity index (χ2n) is 2.55. The lowest BCUT2D eigenvalue weighted by Crippen LogP contribution is -2.21. The van der Waals surface area contributed by atoms with Gasteiger partial charge in [0, 0.05) is 6.42 Å². The summed E-state index contributed by atoms with van der Waals surface area (Å²) in [6, 6.07) is 0. The first-order valence-electron chi connectivity index (χ1n) is 3.42. The lowest BCUT2D eigenvalue weighted by atomic mass is 10.2. The van der Waals surface area contributed by atoms with E-state index in [0.717, 1.165) is 0 Å². The molecule has 0 spiro atoms. The maximum Gasteiger partial charge on any atom is 0.405 e. The molecule has 1 atom stereocenters. The highest BCUT2D eigenvalue weighted by Crippen LogP contribution is 2.28. The van der Waals surface area contributed by atoms with Crippen LogP contribution in [0.15, 0.2) is 11.4 Å². The Kier molecular flexibility index (Phi) is 2.12. The highest BCUT2D eigenvalue weighted by Gasteiger charge is 2.24. The van der Waals surface area contributed by atoms with E-state index >= 15 is 0 Å². The van der Waals surface area contributed by atoms with E-state index in [9.17, 15) is 9.18 Å². The van der Waals surface area contributed by atoms with Crippen LogP contribution in [-0.4, -0.2) is 12.2 Å². The van der Waals surface area contributed by atoms with E-state index in [1.807, 2.05) is 0 Å². The molecule has 11 heavy (non-hydrogen) atoms. The van der Waals surface area contributed by atoms with Crippen LogP contribution < -0.4 is 5.73 Å². The van der Waals surface area contributed by atoms with Gasteiger partial charge in [0.25, 0.3) is 0 Å². The standard InChI is InChI=1S/C7H10FNO2/c1-4-5(8)2-3-6(4)11-7(9)10/h6H,2-3H2,1H3,(H2,9,10). The summed E-state index contributed by atoms with van der Waals surface area (Å²) in [6.45, 7) is 1.61. The molecule has 1 aliphatic rings. The minimum Gasteiger partial charge on any atom is -0.442 e. The third-order valence-electron chi connectivity index (χ3n) is 1.80. The predicted molar refractivity (Wildman–Crippen MR) is 37.5 cm³/mol. The molecule has 1 unspecified atom stereocenters. The van der Waals surface area contributed by atoms with E-state index in [0.29, 0.717) is 18.4 Å². The molecule has 4 heteroatoms. The number of amides is 1. The minimum atomic E-state index is -0.843. The second-order valence-corrected chi connectivity index (χ2v) is 2.55. The number of carbonyl (C=O) groups excluding carboxylic acids is 1. The van der Waals surface area contributed by atoms with Crippen molar-refractivity contribution in [3.05, 3.63) is 11.4 Å². The van der Waals surface area contributed by atoms with Crippen molar-refractivity contribution < 1.29 is 13.9 Å². The van der Waals surface area contributed by atoms with E-state index in [2.05, 4.69) is 4.74 Å². The molecule has 0 radical (unpaired) electrons. The lowest BCUT2D eigenvalue weighted by molar-refractivity contribution is 0.124. The van der Waals surface area contributed by atoms with Gasteiger partial charge in [-0.25, -0.2) is 9.18 Å². The van der Waals surface area contributed by atoms with Crippen molar-refractivity contribution in [2.24, 2.45) is 5.73 Å². The van der Waals surface area contributed by atoms with E-state index in [4.69, 9.17) is 5.73 Å². The van der Waals surface area contributed by atoms with Gasteiger partial charge in [0.05, 0.1) is 0 Å². The van der Waals surface area contributed by atoms with Crippen LogP contribution in [0.4, 0.5) is 9.18 Å². The maximum absolute atomic E-state index is 12.7. The van der Waals surface area contributed by atoms with Crippen LogP contribution in [0, 0.1) is 0 Å². The Morgan fingerprint density at radius 1 is 1.82 bits per heavy atom. The molecule has 1 aliphatic carbocycles. The first-order chi connectivity index (χ1) is 5.11. The summed E-state index contributed by atoms with van der Waals surface area (Å²) in [7, 11) is 0. The summed E-state index contributed by atoms with van der Waals surface area (Å²) < 4.78 is 17.3. The zero-order valence-electron chi connectivity index (χ0n) is 6.26. The van der Waals surface area contributed by atoms with Crippen LogP contribution in [0.2, 0.25) is 0 Å². The summed E-state index contributed by atoms with van der Waals surface area (Å²) in [4.78, 5) is 10.3. The van der Waals surface area contributed by atoms with Gasteiger partial charge in [0.2, 0.25) is 0 Å². The number of allylic oxidation sites excluding steroid dienone is 1. The number of hydrogen-bond donors (Lipinski definition) is 1. The molecular weight excluding hydrogens is 149 g/mol. The zero-order chi connectivity index (χ0) is 8.43. The number of nitrogens with two attached hydrogens (primary N) is 1. The SMILES string of the molecule is CC1=C(F)CCC1OC(N)=O. The van der Waals surface area contributed by atoms with E-state index in [-0.39, 0.29) is 5.83 Å². The Bertz CT molecular complexity index is 212. The lowest BCUT2D eigenvalue weighted by Gasteiger charge is -2.09. The maximum atomic E-state index is 12.7. The Morgan fingerprint density at radius 2 is 2.45 bits per heavy atom. The van der Waals surface area contributed by atoms with Crippen molar-refractivity contribution in [3.8, 4) is 0 Å². The van der Waals surface area contributed by atoms with Crippen molar-refractivity contribution in [1.29, 1.82) is 0 Å². The molecule has 3 nitrogen and oxygen atoms in total. The number of hydrogen-bond acceptors (Lipinski definition) is 2. The van der Waals surface area contributed by atoms with Crippen LogP contribution in [0.25, 0.3) is 0 Å². The molecule has 2 N–H and O–H groups in total. The van der Waals surface area contributed by atoms with Gasteiger partial charge in [0.1, 0.15) is 11.9 Å². The molecule has 0 aliphatic heterocycles. The Labute approximate surface area is 64.0 Å². The fraction of sp³-hybridized carbons (Fsp3) is 0.571. The highest BCUT2D eigenvalue weighted by molar-refractivity contribution is 5.65. The molecule has 0 fully saturated rings. The molecule has 1 rings (SSSR count). The summed E-state index contributed by atoms with van der Waals surface area (Å²) in [5.41, 5.74) is 5.26. The molecule has 0 aromatic carbocycles. The van der Waals surface area contributed by atoms with Gasteiger partial charge in [-0.3, -0.25) is 0 Å². The largest absolute Gasteiger partial charge is 0.442 e. The average Bonchev–Trinajstić information content (AvgIpc) is 2.18. The Balaban J connectivity index is 2.57. The third-order valence-corrected chi connectivity index (χ3v) is 1.80.